The maximum Gasteiger partial charge on any atom is 0.0399 e. The molecule has 0 nitrogen and oxygen atoms in total. The maximum absolute atomic E-state index is 2.31. The van der Waals surface area contributed by atoms with Gasteiger partial charge < -0.3 is 0 Å². The second-order valence-electron chi connectivity index (χ2n) is 4.37. The van der Waals surface area contributed by atoms with Gasteiger partial charge in [-0.15, -0.1) is 69.7 Å². The van der Waals surface area contributed by atoms with Crippen LogP contribution in [0, 0.1) is 0 Å². The lowest BCUT2D eigenvalue weighted by Gasteiger charge is -2.01. The summed E-state index contributed by atoms with van der Waals surface area (Å²) >= 11 is 12.2. The van der Waals surface area contributed by atoms with Crippen molar-refractivity contribution in [2.24, 2.45) is 0 Å². The van der Waals surface area contributed by atoms with Gasteiger partial charge in [-0.25, -0.2) is 0 Å². The average Bonchev–Trinajstić information content (AvgIpc) is 3.07. The van der Waals surface area contributed by atoms with E-state index in [0.717, 1.165) is 0 Å². The highest BCUT2D eigenvalue weighted by Gasteiger charge is 2.05. The van der Waals surface area contributed by atoms with E-state index in [9.17, 15) is 0 Å². The third-order valence-electron chi connectivity index (χ3n) is 2.75. The van der Waals surface area contributed by atoms with Gasteiger partial charge in [0.15, 0.2) is 0 Å². The molecule has 0 fully saturated rings. The van der Waals surface area contributed by atoms with Crippen LogP contribution in [0.1, 0.15) is 19.5 Å². The van der Waals surface area contributed by atoms with E-state index < -0.39 is 0 Å². The summed E-state index contributed by atoms with van der Waals surface area (Å²) in [5.74, 6) is 4.69. The summed E-state index contributed by atoms with van der Waals surface area (Å²) in [5.41, 5.74) is 0. The first-order valence-electron chi connectivity index (χ1n) is 6.36. The number of thiophene rings is 2. The number of hydrogen-bond donors (Lipinski definition) is 0. The van der Waals surface area contributed by atoms with Crippen LogP contribution in [0.4, 0.5) is 0 Å². The first-order valence-corrected chi connectivity index (χ1v) is 12.6. The molecule has 108 valence electrons. The van der Waals surface area contributed by atoms with E-state index in [0.29, 0.717) is 0 Å². The normalized spacial score (nSPS) is 18.0. The van der Waals surface area contributed by atoms with Crippen LogP contribution in [0.25, 0.3) is 0 Å². The molecule has 0 saturated carbocycles. The number of hydrogen-bond acceptors (Lipinski definition) is 6. The molecule has 6 heteroatoms. The fourth-order valence-corrected chi connectivity index (χ4v) is 8.47. The smallest absolute Gasteiger partial charge is 0.0399 e. The fourth-order valence-electron chi connectivity index (χ4n) is 1.84. The predicted molar refractivity (Wildman–Crippen MR) is 104 cm³/mol. The van der Waals surface area contributed by atoms with Crippen LogP contribution < -0.4 is 0 Å². The zero-order valence-corrected chi connectivity index (χ0v) is 15.9. The second-order valence-corrected chi connectivity index (χ2v) is 11.5. The SMILES string of the molecule is c1cc2sc1CSCSCc1ccc(s1)CSCSC2. The van der Waals surface area contributed by atoms with Gasteiger partial charge in [-0.1, -0.05) is 0 Å². The first-order chi connectivity index (χ1) is 9.90. The Balaban J connectivity index is 1.60. The van der Waals surface area contributed by atoms with Crippen LogP contribution >= 0.6 is 69.7 Å². The van der Waals surface area contributed by atoms with E-state index in [4.69, 9.17) is 0 Å². The van der Waals surface area contributed by atoms with Crippen molar-refractivity contribution in [2.75, 3.05) is 10.2 Å². The molecule has 0 aromatic carbocycles. The van der Waals surface area contributed by atoms with Crippen molar-refractivity contribution in [3.05, 3.63) is 43.8 Å². The molecule has 0 atom stereocenters. The van der Waals surface area contributed by atoms with Crippen LogP contribution in [-0.2, 0) is 23.0 Å². The molecule has 3 rings (SSSR count). The Kier molecular flexibility index (Phi) is 6.62. The van der Waals surface area contributed by atoms with Gasteiger partial charge in [0.05, 0.1) is 0 Å². The van der Waals surface area contributed by atoms with Crippen molar-refractivity contribution in [1.29, 1.82) is 0 Å². The Hall–Kier alpha value is 0.800. The highest BCUT2D eigenvalue weighted by molar-refractivity contribution is 8.15. The van der Waals surface area contributed by atoms with Gasteiger partial charge in [0.25, 0.3) is 0 Å². The van der Waals surface area contributed by atoms with Crippen molar-refractivity contribution < 1.29 is 0 Å². The summed E-state index contributed by atoms with van der Waals surface area (Å²) in [7, 11) is 0. The van der Waals surface area contributed by atoms with E-state index in [2.05, 4.69) is 71.3 Å². The standard InChI is InChI=1S/C14H16S6/c1-2-12-6-16-10-18-8-14-4-3-13(20-14)7-17-9-15-5-11(1)19-12/h1-4H,5-10H2. The minimum atomic E-state index is 1.17. The Morgan fingerprint density at radius 1 is 0.500 bits per heavy atom. The van der Waals surface area contributed by atoms with Crippen molar-refractivity contribution in [1.82, 2.24) is 0 Å². The molecule has 0 unspecified atom stereocenters. The third-order valence-corrected chi connectivity index (χ3v) is 10.4. The lowest BCUT2D eigenvalue weighted by Crippen LogP contribution is -1.79. The van der Waals surface area contributed by atoms with Gasteiger partial charge >= 0.3 is 0 Å². The molecule has 2 aromatic heterocycles. The fraction of sp³-hybridized carbons (Fsp3) is 0.429. The van der Waals surface area contributed by atoms with E-state index in [1.807, 2.05) is 22.7 Å². The van der Waals surface area contributed by atoms with Crippen molar-refractivity contribution in [3.63, 3.8) is 0 Å². The maximum atomic E-state index is 2.31. The molecule has 20 heavy (non-hydrogen) atoms. The number of thioether (sulfide) groups is 4. The van der Waals surface area contributed by atoms with Gasteiger partial charge in [0.1, 0.15) is 0 Å². The lowest BCUT2D eigenvalue weighted by molar-refractivity contribution is 1.52. The van der Waals surface area contributed by atoms with Gasteiger partial charge in [0, 0.05) is 52.7 Å². The third kappa shape index (κ3) is 4.92. The zero-order valence-electron chi connectivity index (χ0n) is 11.0. The monoisotopic (exact) mass is 376 g/mol. The second kappa shape index (κ2) is 8.44. The summed E-state index contributed by atoms with van der Waals surface area (Å²) in [6, 6.07) is 9.26. The van der Waals surface area contributed by atoms with Gasteiger partial charge in [-0.2, -0.15) is 0 Å². The molecule has 1 aliphatic heterocycles. The molecule has 0 N–H and O–H groups in total. The molecular weight excluding hydrogens is 361 g/mol. The number of fused-ring (bicyclic) bond motifs is 4. The lowest BCUT2D eigenvalue weighted by atomic mass is 10.5. The Morgan fingerprint density at radius 2 is 0.800 bits per heavy atom. The number of rotatable bonds is 0. The Bertz CT molecular complexity index is 440. The summed E-state index contributed by atoms with van der Waals surface area (Å²) in [6.45, 7) is 0. The first kappa shape index (κ1) is 15.7. The van der Waals surface area contributed by atoms with Crippen LogP contribution in [0.3, 0.4) is 0 Å². The van der Waals surface area contributed by atoms with E-state index in [1.165, 1.54) is 52.7 Å². The van der Waals surface area contributed by atoms with Gasteiger partial charge in [-0.3, -0.25) is 0 Å². The van der Waals surface area contributed by atoms with E-state index in [1.54, 1.807) is 0 Å². The summed E-state index contributed by atoms with van der Waals surface area (Å²) in [6.07, 6.45) is 0. The molecule has 0 aliphatic carbocycles. The Labute approximate surface area is 145 Å². The van der Waals surface area contributed by atoms with Crippen LogP contribution in [0.5, 0.6) is 0 Å². The van der Waals surface area contributed by atoms with E-state index in [-0.39, 0.29) is 0 Å². The molecule has 0 spiro atoms. The van der Waals surface area contributed by atoms with E-state index >= 15 is 0 Å². The molecule has 3 heterocycles. The van der Waals surface area contributed by atoms with Gasteiger partial charge in [-0.05, 0) is 24.3 Å². The highest BCUT2D eigenvalue weighted by atomic mass is 32.2. The minimum absolute atomic E-state index is 1.17. The van der Waals surface area contributed by atoms with Crippen molar-refractivity contribution in [2.45, 2.75) is 23.0 Å². The molecule has 0 radical (unpaired) electrons. The molecule has 0 amide bonds. The minimum Gasteiger partial charge on any atom is -0.145 e. The summed E-state index contributed by atoms with van der Waals surface area (Å²) < 4.78 is 0. The largest absolute Gasteiger partial charge is 0.145 e. The molecule has 1 aliphatic rings. The van der Waals surface area contributed by atoms with Crippen molar-refractivity contribution >= 4 is 69.7 Å². The molecule has 0 saturated heterocycles. The summed E-state index contributed by atoms with van der Waals surface area (Å²) in [5, 5.41) is 2.40. The Morgan fingerprint density at radius 3 is 1.10 bits per heavy atom. The highest BCUT2D eigenvalue weighted by Crippen LogP contribution is 2.31. The van der Waals surface area contributed by atoms with Crippen molar-refractivity contribution in [3.8, 4) is 0 Å². The quantitative estimate of drug-likeness (QED) is 0.523. The topological polar surface area (TPSA) is 0 Å². The average molecular weight is 377 g/mol. The van der Waals surface area contributed by atoms with Crippen LogP contribution in [0.15, 0.2) is 24.3 Å². The summed E-state index contributed by atoms with van der Waals surface area (Å²) in [4.78, 5) is 6.13. The molecule has 2 aromatic rings. The van der Waals surface area contributed by atoms with Crippen LogP contribution in [0.2, 0.25) is 0 Å². The molecular formula is C14H16S6. The zero-order chi connectivity index (χ0) is 13.6. The predicted octanol–water partition coefficient (Wildman–Crippen LogP) is 6.37. The van der Waals surface area contributed by atoms with Gasteiger partial charge in [0.2, 0.25) is 0 Å². The van der Waals surface area contributed by atoms with Crippen LogP contribution in [-0.4, -0.2) is 10.2 Å². The molecule has 4 bridgehead atoms.